The van der Waals surface area contributed by atoms with Crippen molar-refractivity contribution in [1.82, 2.24) is 4.98 Å². The highest BCUT2D eigenvalue weighted by Crippen LogP contribution is 2.20. The number of hydrogen-bond donors (Lipinski definition) is 1. The first kappa shape index (κ1) is 9.51. The van der Waals surface area contributed by atoms with Gasteiger partial charge in [0.25, 0.3) is 0 Å². The Kier molecular flexibility index (Phi) is 2.29. The van der Waals surface area contributed by atoms with E-state index in [1.807, 2.05) is 0 Å². The summed E-state index contributed by atoms with van der Waals surface area (Å²) in [6.45, 7) is 0. The summed E-state index contributed by atoms with van der Waals surface area (Å²) in [5.41, 5.74) is 1.06. The molecule has 0 unspecified atom stereocenters. The van der Waals surface area contributed by atoms with Crippen LogP contribution in [0, 0.1) is 0 Å². The summed E-state index contributed by atoms with van der Waals surface area (Å²) < 4.78 is 9.76. The standard InChI is InChI=1S/C10H9NO4/c1-14-10(13)5-9-11-7-4-6(12)2-3-8(7)15-9/h2-4,12H,5H2,1H3. The summed E-state index contributed by atoms with van der Waals surface area (Å²) in [7, 11) is 1.30. The van der Waals surface area contributed by atoms with Crippen LogP contribution in [0.2, 0.25) is 0 Å². The van der Waals surface area contributed by atoms with Crippen molar-refractivity contribution in [3.8, 4) is 5.75 Å². The minimum atomic E-state index is -0.411. The summed E-state index contributed by atoms with van der Waals surface area (Å²) in [4.78, 5) is 15.0. The average Bonchev–Trinajstić information content (AvgIpc) is 2.59. The van der Waals surface area contributed by atoms with Crippen molar-refractivity contribution in [2.45, 2.75) is 6.42 Å². The van der Waals surface area contributed by atoms with Crippen molar-refractivity contribution in [3.63, 3.8) is 0 Å². The molecule has 0 aliphatic heterocycles. The highest BCUT2D eigenvalue weighted by molar-refractivity contribution is 5.76. The molecule has 0 aliphatic carbocycles. The molecule has 0 bridgehead atoms. The highest BCUT2D eigenvalue weighted by atomic mass is 16.5. The Balaban J connectivity index is 2.34. The fourth-order valence-corrected chi connectivity index (χ4v) is 1.23. The number of fused-ring (bicyclic) bond motifs is 1. The topological polar surface area (TPSA) is 72.6 Å². The minimum absolute atomic E-state index is 0.00799. The van der Waals surface area contributed by atoms with E-state index in [1.54, 1.807) is 6.07 Å². The first-order valence-electron chi connectivity index (χ1n) is 4.34. The third-order valence-corrected chi connectivity index (χ3v) is 1.94. The van der Waals surface area contributed by atoms with E-state index in [2.05, 4.69) is 9.72 Å². The van der Waals surface area contributed by atoms with E-state index in [0.717, 1.165) is 0 Å². The van der Waals surface area contributed by atoms with Crippen molar-refractivity contribution in [1.29, 1.82) is 0 Å². The minimum Gasteiger partial charge on any atom is -0.508 e. The molecule has 1 aromatic carbocycles. The molecule has 1 N–H and O–H groups in total. The van der Waals surface area contributed by atoms with Crippen molar-refractivity contribution in [3.05, 3.63) is 24.1 Å². The van der Waals surface area contributed by atoms with Crippen LogP contribution < -0.4 is 0 Å². The van der Waals surface area contributed by atoms with Crippen LogP contribution in [0.25, 0.3) is 11.1 Å². The maximum atomic E-state index is 11.0. The fraction of sp³-hybridized carbons (Fsp3) is 0.200. The Bertz CT molecular complexity index is 503. The van der Waals surface area contributed by atoms with Gasteiger partial charge in [-0.05, 0) is 12.1 Å². The zero-order chi connectivity index (χ0) is 10.8. The highest BCUT2D eigenvalue weighted by Gasteiger charge is 2.10. The molecule has 2 aromatic rings. The van der Waals surface area contributed by atoms with Crippen LogP contribution in [0.15, 0.2) is 22.6 Å². The van der Waals surface area contributed by atoms with Gasteiger partial charge < -0.3 is 14.3 Å². The van der Waals surface area contributed by atoms with Crippen LogP contribution in [0.5, 0.6) is 5.75 Å². The number of ether oxygens (including phenoxy) is 1. The Morgan fingerprint density at radius 1 is 1.60 bits per heavy atom. The van der Waals surface area contributed by atoms with Gasteiger partial charge in [-0.2, -0.15) is 0 Å². The molecule has 0 aliphatic rings. The maximum Gasteiger partial charge on any atom is 0.314 e. The second kappa shape index (κ2) is 3.61. The monoisotopic (exact) mass is 207 g/mol. The summed E-state index contributed by atoms with van der Waals surface area (Å²) >= 11 is 0. The zero-order valence-electron chi connectivity index (χ0n) is 8.06. The lowest BCUT2D eigenvalue weighted by atomic mass is 10.3. The van der Waals surface area contributed by atoms with E-state index in [-0.39, 0.29) is 18.1 Å². The predicted octanol–water partition coefficient (Wildman–Crippen LogP) is 1.25. The van der Waals surface area contributed by atoms with Crippen LogP contribution in [-0.2, 0) is 16.0 Å². The largest absolute Gasteiger partial charge is 0.508 e. The molecule has 15 heavy (non-hydrogen) atoms. The molecule has 0 saturated heterocycles. The molecule has 0 spiro atoms. The van der Waals surface area contributed by atoms with Crippen LogP contribution in [0.1, 0.15) is 5.89 Å². The van der Waals surface area contributed by atoms with Gasteiger partial charge in [-0.1, -0.05) is 0 Å². The first-order chi connectivity index (χ1) is 7.19. The number of hydrogen-bond acceptors (Lipinski definition) is 5. The van der Waals surface area contributed by atoms with Crippen LogP contribution in [0.4, 0.5) is 0 Å². The summed E-state index contributed by atoms with van der Waals surface area (Å²) in [5.74, 6) is -0.0198. The molecular weight excluding hydrogens is 198 g/mol. The maximum absolute atomic E-state index is 11.0. The normalized spacial score (nSPS) is 10.5. The number of rotatable bonds is 2. The number of aromatic nitrogens is 1. The van der Waals surface area contributed by atoms with E-state index < -0.39 is 5.97 Å². The van der Waals surface area contributed by atoms with Gasteiger partial charge in [0, 0.05) is 6.07 Å². The number of esters is 1. The van der Waals surface area contributed by atoms with Gasteiger partial charge in [0.15, 0.2) is 5.58 Å². The van der Waals surface area contributed by atoms with E-state index in [9.17, 15) is 9.90 Å². The molecule has 2 rings (SSSR count). The van der Waals surface area contributed by atoms with Crippen LogP contribution in [0.3, 0.4) is 0 Å². The number of benzene rings is 1. The van der Waals surface area contributed by atoms with Gasteiger partial charge >= 0.3 is 5.97 Å². The SMILES string of the molecule is COC(=O)Cc1nc2cc(O)ccc2o1. The van der Waals surface area contributed by atoms with E-state index >= 15 is 0 Å². The molecule has 5 heteroatoms. The van der Waals surface area contributed by atoms with E-state index in [1.165, 1.54) is 19.2 Å². The lowest BCUT2D eigenvalue weighted by Crippen LogP contribution is -2.04. The van der Waals surface area contributed by atoms with Crippen molar-refractivity contribution >= 4 is 17.1 Å². The molecule has 0 radical (unpaired) electrons. The van der Waals surface area contributed by atoms with Crippen molar-refractivity contribution < 1.29 is 19.1 Å². The molecule has 5 nitrogen and oxygen atoms in total. The molecule has 0 amide bonds. The number of carbonyl (C=O) groups is 1. The Morgan fingerprint density at radius 3 is 3.13 bits per heavy atom. The lowest BCUT2D eigenvalue weighted by Gasteiger charge is -1.92. The number of oxazole rings is 1. The van der Waals surface area contributed by atoms with Crippen molar-refractivity contribution in [2.24, 2.45) is 0 Å². The van der Waals surface area contributed by atoms with Gasteiger partial charge in [0.05, 0.1) is 7.11 Å². The van der Waals surface area contributed by atoms with Gasteiger partial charge in [-0.25, -0.2) is 4.98 Å². The lowest BCUT2D eigenvalue weighted by molar-refractivity contribution is -0.140. The van der Waals surface area contributed by atoms with Crippen LogP contribution >= 0.6 is 0 Å². The molecule has 0 atom stereocenters. The summed E-state index contributed by atoms with van der Waals surface area (Å²) in [5, 5.41) is 9.19. The number of methoxy groups -OCH3 is 1. The first-order valence-corrected chi connectivity index (χ1v) is 4.34. The molecular formula is C10H9NO4. The number of aromatic hydroxyl groups is 1. The molecule has 0 fully saturated rings. The average molecular weight is 207 g/mol. The molecule has 78 valence electrons. The third-order valence-electron chi connectivity index (χ3n) is 1.94. The third kappa shape index (κ3) is 1.90. The van der Waals surface area contributed by atoms with Gasteiger partial charge in [-0.15, -0.1) is 0 Å². The number of phenols is 1. The second-order valence-corrected chi connectivity index (χ2v) is 3.01. The molecule has 0 saturated carbocycles. The Labute approximate surface area is 85.3 Å². The zero-order valence-corrected chi connectivity index (χ0v) is 8.06. The number of nitrogens with zero attached hydrogens (tertiary/aromatic N) is 1. The Morgan fingerprint density at radius 2 is 2.40 bits per heavy atom. The predicted molar refractivity (Wildman–Crippen MR) is 51.4 cm³/mol. The fourth-order valence-electron chi connectivity index (χ4n) is 1.23. The van der Waals surface area contributed by atoms with Crippen molar-refractivity contribution in [2.75, 3.05) is 7.11 Å². The molecule has 1 heterocycles. The summed E-state index contributed by atoms with van der Waals surface area (Å²) in [6.07, 6.45) is -0.00799. The van der Waals surface area contributed by atoms with Gasteiger partial charge in [-0.3, -0.25) is 4.79 Å². The van der Waals surface area contributed by atoms with Gasteiger partial charge in [0.2, 0.25) is 5.89 Å². The quantitative estimate of drug-likeness (QED) is 0.750. The van der Waals surface area contributed by atoms with E-state index in [0.29, 0.717) is 11.1 Å². The number of carbonyl (C=O) groups excluding carboxylic acids is 1. The smallest absolute Gasteiger partial charge is 0.314 e. The number of phenolic OH excluding ortho intramolecular Hbond substituents is 1. The Hall–Kier alpha value is -2.04. The molecule has 1 aromatic heterocycles. The summed E-state index contributed by atoms with van der Waals surface area (Å²) in [6, 6.07) is 4.56. The second-order valence-electron chi connectivity index (χ2n) is 3.01. The van der Waals surface area contributed by atoms with Crippen LogP contribution in [-0.4, -0.2) is 23.2 Å². The van der Waals surface area contributed by atoms with E-state index in [4.69, 9.17) is 4.42 Å². The van der Waals surface area contributed by atoms with Gasteiger partial charge in [0.1, 0.15) is 17.7 Å².